The molecule has 0 radical (unpaired) electrons. The number of aromatic nitrogens is 2. The Morgan fingerprint density at radius 3 is 2.38 bits per heavy atom. The Labute approximate surface area is 152 Å². The molecular weight excluding hydrogens is 326 g/mol. The van der Waals surface area contributed by atoms with Gasteiger partial charge in [0.1, 0.15) is 0 Å². The van der Waals surface area contributed by atoms with Crippen LogP contribution in [0.5, 0.6) is 0 Å². The van der Waals surface area contributed by atoms with Gasteiger partial charge >= 0.3 is 0 Å². The summed E-state index contributed by atoms with van der Waals surface area (Å²) in [5.74, 6) is -0.157. The van der Waals surface area contributed by atoms with Crippen molar-refractivity contribution in [2.75, 3.05) is 6.54 Å². The maximum Gasteiger partial charge on any atom is 0.253 e. The summed E-state index contributed by atoms with van der Waals surface area (Å²) < 4.78 is 1.50. The highest BCUT2D eigenvalue weighted by atomic mass is 16.1. The van der Waals surface area contributed by atoms with E-state index >= 15 is 0 Å². The van der Waals surface area contributed by atoms with E-state index in [1.54, 1.807) is 12.1 Å². The second-order valence-corrected chi connectivity index (χ2v) is 5.96. The lowest BCUT2D eigenvalue weighted by molar-refractivity contribution is 0.0952. The van der Waals surface area contributed by atoms with Crippen LogP contribution in [0.4, 0.5) is 0 Å². The third-order valence-electron chi connectivity index (χ3n) is 4.19. The first kappa shape index (κ1) is 17.6. The van der Waals surface area contributed by atoms with E-state index in [2.05, 4.69) is 10.3 Å². The monoisotopic (exact) mass is 347 g/mol. The summed E-state index contributed by atoms with van der Waals surface area (Å²) in [6, 6.07) is 19.0. The second-order valence-electron chi connectivity index (χ2n) is 5.96. The minimum atomic E-state index is -0.157. The molecule has 5 heteroatoms. The Hall–Kier alpha value is -3.21. The molecule has 2 aromatic carbocycles. The third-order valence-corrected chi connectivity index (χ3v) is 4.19. The summed E-state index contributed by atoms with van der Waals surface area (Å²) in [5.41, 5.74) is 3.45. The van der Waals surface area contributed by atoms with Crippen LogP contribution >= 0.6 is 0 Å². The van der Waals surface area contributed by atoms with Gasteiger partial charge in [0.2, 0.25) is 0 Å². The molecule has 0 aliphatic heterocycles. The zero-order valence-corrected chi connectivity index (χ0v) is 14.7. The molecule has 0 bridgehead atoms. The van der Waals surface area contributed by atoms with Crippen LogP contribution in [-0.2, 0) is 13.0 Å². The average molecular weight is 347 g/mol. The number of amides is 1. The summed E-state index contributed by atoms with van der Waals surface area (Å²) in [6.07, 6.45) is 2.26. The molecular formula is C21H21N3O2. The topological polar surface area (TPSA) is 64.0 Å². The fourth-order valence-corrected chi connectivity index (χ4v) is 2.66. The highest BCUT2D eigenvalue weighted by Crippen LogP contribution is 2.19. The van der Waals surface area contributed by atoms with Gasteiger partial charge in [-0.3, -0.25) is 14.2 Å². The molecule has 1 amide bonds. The van der Waals surface area contributed by atoms with Crippen LogP contribution in [0.2, 0.25) is 0 Å². The lowest BCUT2D eigenvalue weighted by Gasteiger charge is -2.08. The van der Waals surface area contributed by atoms with E-state index in [1.165, 1.54) is 17.0 Å². The Balaban J connectivity index is 1.58. The maximum atomic E-state index is 12.3. The Morgan fingerprint density at radius 2 is 1.73 bits per heavy atom. The Kier molecular flexibility index (Phi) is 5.59. The molecule has 0 aliphatic carbocycles. The number of nitrogens with zero attached hydrogens (tertiary/aromatic N) is 2. The molecule has 0 saturated heterocycles. The van der Waals surface area contributed by atoms with Crippen LogP contribution in [0.1, 0.15) is 23.0 Å². The molecule has 132 valence electrons. The van der Waals surface area contributed by atoms with Crippen molar-refractivity contribution in [1.82, 2.24) is 14.9 Å². The van der Waals surface area contributed by atoms with E-state index in [0.717, 1.165) is 23.2 Å². The van der Waals surface area contributed by atoms with Gasteiger partial charge in [0.25, 0.3) is 11.5 Å². The van der Waals surface area contributed by atoms with Gasteiger partial charge in [0, 0.05) is 30.4 Å². The zero-order chi connectivity index (χ0) is 18.4. The van der Waals surface area contributed by atoms with Gasteiger partial charge in [0.05, 0.1) is 6.33 Å². The highest BCUT2D eigenvalue weighted by Gasteiger charge is 2.06. The maximum absolute atomic E-state index is 12.3. The molecule has 26 heavy (non-hydrogen) atoms. The van der Waals surface area contributed by atoms with Crippen molar-refractivity contribution in [2.45, 2.75) is 19.9 Å². The lowest BCUT2D eigenvalue weighted by atomic mass is 10.0. The van der Waals surface area contributed by atoms with Crippen molar-refractivity contribution in [3.8, 4) is 11.1 Å². The highest BCUT2D eigenvalue weighted by molar-refractivity contribution is 5.94. The number of aryl methyl sites for hydroxylation is 1. The molecule has 3 aromatic rings. The van der Waals surface area contributed by atoms with Gasteiger partial charge in [-0.15, -0.1) is 0 Å². The number of hydrogen-bond donors (Lipinski definition) is 1. The molecule has 0 aliphatic rings. The van der Waals surface area contributed by atoms with E-state index in [1.807, 2.05) is 49.4 Å². The Bertz CT molecular complexity index is 931. The van der Waals surface area contributed by atoms with Gasteiger partial charge in [-0.05, 0) is 29.7 Å². The minimum Gasteiger partial charge on any atom is -0.350 e. The van der Waals surface area contributed by atoms with Gasteiger partial charge in [-0.1, -0.05) is 49.4 Å². The van der Waals surface area contributed by atoms with Crippen molar-refractivity contribution in [1.29, 1.82) is 0 Å². The summed E-state index contributed by atoms with van der Waals surface area (Å²) in [4.78, 5) is 28.4. The molecule has 5 nitrogen and oxygen atoms in total. The van der Waals surface area contributed by atoms with Crippen LogP contribution in [-0.4, -0.2) is 22.0 Å². The van der Waals surface area contributed by atoms with Gasteiger partial charge in [-0.2, -0.15) is 0 Å². The van der Waals surface area contributed by atoms with Crippen LogP contribution in [0.15, 0.2) is 71.8 Å². The molecule has 1 N–H and O–H groups in total. The smallest absolute Gasteiger partial charge is 0.253 e. The van der Waals surface area contributed by atoms with Crippen LogP contribution in [0.25, 0.3) is 11.1 Å². The SMILES string of the molecule is CCc1cc(=O)n(CCNC(=O)c2ccc(-c3ccccc3)cc2)cn1. The number of hydrogen-bond acceptors (Lipinski definition) is 3. The van der Waals surface area contributed by atoms with Crippen molar-refractivity contribution in [2.24, 2.45) is 0 Å². The molecule has 1 aromatic heterocycles. The summed E-state index contributed by atoms with van der Waals surface area (Å²) in [7, 11) is 0. The molecule has 0 saturated carbocycles. The predicted octanol–water partition coefficient (Wildman–Crippen LogP) is 2.90. The van der Waals surface area contributed by atoms with Gasteiger partial charge in [-0.25, -0.2) is 4.98 Å². The number of carbonyl (C=O) groups excluding carboxylic acids is 1. The number of nitrogens with one attached hydrogen (secondary N) is 1. The van der Waals surface area contributed by atoms with E-state index in [-0.39, 0.29) is 11.5 Å². The minimum absolute atomic E-state index is 0.0988. The quantitative estimate of drug-likeness (QED) is 0.746. The van der Waals surface area contributed by atoms with Crippen molar-refractivity contribution in [3.05, 3.63) is 88.6 Å². The third kappa shape index (κ3) is 4.25. The summed E-state index contributed by atoms with van der Waals surface area (Å²) in [6.45, 7) is 2.71. The molecule has 0 unspecified atom stereocenters. The lowest BCUT2D eigenvalue weighted by Crippen LogP contribution is -2.31. The fraction of sp³-hybridized carbons (Fsp3) is 0.190. The predicted molar refractivity (Wildman–Crippen MR) is 102 cm³/mol. The fourth-order valence-electron chi connectivity index (χ4n) is 2.66. The summed E-state index contributed by atoms with van der Waals surface area (Å²) >= 11 is 0. The first-order chi connectivity index (χ1) is 12.7. The van der Waals surface area contributed by atoms with E-state index in [4.69, 9.17) is 0 Å². The summed E-state index contributed by atoms with van der Waals surface area (Å²) in [5, 5.41) is 2.84. The molecule has 0 fully saturated rings. The first-order valence-electron chi connectivity index (χ1n) is 8.66. The van der Waals surface area contributed by atoms with Crippen LogP contribution < -0.4 is 10.9 Å². The van der Waals surface area contributed by atoms with Gasteiger partial charge < -0.3 is 5.32 Å². The zero-order valence-electron chi connectivity index (χ0n) is 14.7. The average Bonchev–Trinajstić information content (AvgIpc) is 2.70. The van der Waals surface area contributed by atoms with Crippen molar-refractivity contribution < 1.29 is 4.79 Å². The first-order valence-corrected chi connectivity index (χ1v) is 8.66. The van der Waals surface area contributed by atoms with E-state index in [9.17, 15) is 9.59 Å². The normalized spacial score (nSPS) is 10.5. The number of benzene rings is 2. The molecule has 1 heterocycles. The van der Waals surface area contributed by atoms with Crippen molar-refractivity contribution >= 4 is 5.91 Å². The van der Waals surface area contributed by atoms with Crippen LogP contribution in [0.3, 0.4) is 0 Å². The van der Waals surface area contributed by atoms with Crippen molar-refractivity contribution in [3.63, 3.8) is 0 Å². The number of carbonyl (C=O) groups is 1. The van der Waals surface area contributed by atoms with Crippen LogP contribution in [0, 0.1) is 0 Å². The van der Waals surface area contributed by atoms with E-state index in [0.29, 0.717) is 18.7 Å². The van der Waals surface area contributed by atoms with Gasteiger partial charge in [0.15, 0.2) is 0 Å². The molecule has 3 rings (SSSR count). The second kappa shape index (κ2) is 8.25. The largest absolute Gasteiger partial charge is 0.350 e. The molecule has 0 spiro atoms. The Morgan fingerprint density at radius 1 is 1.04 bits per heavy atom. The standard InChI is InChI=1S/C21H21N3O2/c1-2-19-14-20(25)24(15-23-19)13-12-22-21(26)18-10-8-17(9-11-18)16-6-4-3-5-7-16/h3-11,14-15H,2,12-13H2,1H3,(H,22,26). The number of rotatable bonds is 6. The van der Waals surface area contributed by atoms with E-state index < -0.39 is 0 Å². The molecule has 0 atom stereocenters.